The van der Waals surface area contributed by atoms with E-state index in [2.05, 4.69) is 0 Å². The van der Waals surface area contributed by atoms with Crippen molar-refractivity contribution in [2.75, 3.05) is 0 Å². The summed E-state index contributed by atoms with van der Waals surface area (Å²) in [6, 6.07) is 4.55. The molecule has 1 aliphatic heterocycles. The Morgan fingerprint density at radius 1 is 1.45 bits per heavy atom. The molecule has 20 heavy (non-hydrogen) atoms. The molecule has 0 saturated carbocycles. The van der Waals surface area contributed by atoms with Crippen LogP contribution in [0, 0.1) is 11.7 Å². The monoisotopic (exact) mass is 279 g/mol. The van der Waals surface area contributed by atoms with Crippen molar-refractivity contribution >= 4 is 11.9 Å². The first-order chi connectivity index (χ1) is 9.41. The summed E-state index contributed by atoms with van der Waals surface area (Å²) in [4.78, 5) is 23.9. The maximum absolute atomic E-state index is 13.2. The third-order valence-electron chi connectivity index (χ3n) is 3.44. The van der Waals surface area contributed by atoms with Crippen molar-refractivity contribution in [3.05, 3.63) is 47.9 Å². The van der Waals surface area contributed by atoms with Gasteiger partial charge in [-0.05, 0) is 30.7 Å². The predicted octanol–water partition coefficient (Wildman–Crippen LogP) is 1.94. The third kappa shape index (κ3) is 2.55. The van der Waals surface area contributed by atoms with Crippen molar-refractivity contribution in [1.29, 1.82) is 0 Å². The lowest BCUT2D eigenvalue weighted by Crippen LogP contribution is -2.46. The van der Waals surface area contributed by atoms with Crippen LogP contribution in [0.15, 0.2) is 36.5 Å². The summed E-state index contributed by atoms with van der Waals surface area (Å²) >= 11 is 0. The number of amides is 1. The van der Waals surface area contributed by atoms with Crippen LogP contribution in [0.4, 0.5) is 9.18 Å². The molecule has 1 heterocycles. The number of benzene rings is 1. The van der Waals surface area contributed by atoms with Crippen molar-refractivity contribution < 1.29 is 24.2 Å². The molecule has 0 bridgehead atoms. The molecule has 0 saturated heterocycles. The average Bonchev–Trinajstić information content (AvgIpc) is 2.38. The van der Waals surface area contributed by atoms with Gasteiger partial charge in [-0.2, -0.15) is 0 Å². The first-order valence-electron chi connectivity index (χ1n) is 6.08. The van der Waals surface area contributed by atoms with Crippen LogP contribution in [0.3, 0.4) is 0 Å². The SMILES string of the molecule is CC1C(C(O)c2cccc(F)c2)C(=O)C=CN1C(=O)O. The lowest BCUT2D eigenvalue weighted by molar-refractivity contribution is -0.125. The molecule has 1 aliphatic rings. The number of carboxylic acid groups (broad SMARTS) is 1. The van der Waals surface area contributed by atoms with Gasteiger partial charge in [0.1, 0.15) is 5.82 Å². The van der Waals surface area contributed by atoms with Crippen LogP contribution >= 0.6 is 0 Å². The van der Waals surface area contributed by atoms with Crippen LogP contribution in [0.25, 0.3) is 0 Å². The number of nitrogens with zero attached hydrogens (tertiary/aromatic N) is 1. The number of ketones is 1. The van der Waals surface area contributed by atoms with Gasteiger partial charge >= 0.3 is 6.09 Å². The Hall–Kier alpha value is -2.21. The predicted molar refractivity (Wildman–Crippen MR) is 68.3 cm³/mol. The molecular weight excluding hydrogens is 265 g/mol. The number of carbonyl (C=O) groups excluding carboxylic acids is 1. The van der Waals surface area contributed by atoms with E-state index < -0.39 is 30.0 Å². The van der Waals surface area contributed by atoms with Gasteiger partial charge in [0.15, 0.2) is 5.78 Å². The Balaban J connectivity index is 2.33. The van der Waals surface area contributed by atoms with Crippen LogP contribution in [0.2, 0.25) is 0 Å². The van der Waals surface area contributed by atoms with Gasteiger partial charge in [-0.1, -0.05) is 12.1 Å². The van der Waals surface area contributed by atoms with Crippen molar-refractivity contribution in [2.45, 2.75) is 19.1 Å². The summed E-state index contributed by atoms with van der Waals surface area (Å²) in [5, 5.41) is 19.3. The Labute approximate surface area is 114 Å². The summed E-state index contributed by atoms with van der Waals surface area (Å²) in [5.74, 6) is -1.87. The van der Waals surface area contributed by atoms with Gasteiger partial charge in [-0.15, -0.1) is 0 Å². The Kier molecular flexibility index (Phi) is 3.85. The van der Waals surface area contributed by atoms with Gasteiger partial charge in [0.05, 0.1) is 12.0 Å². The van der Waals surface area contributed by atoms with Crippen molar-refractivity contribution in [2.24, 2.45) is 5.92 Å². The zero-order valence-electron chi connectivity index (χ0n) is 10.7. The van der Waals surface area contributed by atoms with E-state index in [4.69, 9.17) is 5.11 Å². The van der Waals surface area contributed by atoms with Gasteiger partial charge in [0, 0.05) is 12.2 Å². The molecule has 106 valence electrons. The van der Waals surface area contributed by atoms with Crippen molar-refractivity contribution in [1.82, 2.24) is 4.90 Å². The number of carbonyl (C=O) groups is 2. The molecule has 3 unspecified atom stereocenters. The molecule has 2 rings (SSSR count). The maximum atomic E-state index is 13.2. The molecule has 1 aromatic carbocycles. The number of hydrogen-bond donors (Lipinski definition) is 2. The van der Waals surface area contributed by atoms with Crippen molar-refractivity contribution in [3.63, 3.8) is 0 Å². The molecule has 6 heteroatoms. The van der Waals surface area contributed by atoms with Crippen LogP contribution in [-0.4, -0.2) is 33.0 Å². The van der Waals surface area contributed by atoms with Gasteiger partial charge < -0.3 is 10.2 Å². The van der Waals surface area contributed by atoms with Crippen LogP contribution in [0.1, 0.15) is 18.6 Å². The van der Waals surface area contributed by atoms with Gasteiger partial charge in [-0.3, -0.25) is 9.69 Å². The summed E-state index contributed by atoms with van der Waals surface area (Å²) in [6.07, 6.45) is -0.191. The highest BCUT2D eigenvalue weighted by molar-refractivity contribution is 5.94. The lowest BCUT2D eigenvalue weighted by atomic mass is 9.84. The number of rotatable bonds is 2. The Morgan fingerprint density at radius 3 is 2.75 bits per heavy atom. The van der Waals surface area contributed by atoms with E-state index in [1.165, 1.54) is 31.3 Å². The van der Waals surface area contributed by atoms with E-state index >= 15 is 0 Å². The molecule has 5 nitrogen and oxygen atoms in total. The Morgan fingerprint density at radius 2 is 2.15 bits per heavy atom. The zero-order valence-corrected chi connectivity index (χ0v) is 10.7. The number of hydrogen-bond acceptors (Lipinski definition) is 3. The second-order valence-electron chi connectivity index (χ2n) is 4.67. The fourth-order valence-electron chi connectivity index (χ4n) is 2.37. The summed E-state index contributed by atoms with van der Waals surface area (Å²) in [5.41, 5.74) is 0.246. The van der Waals surface area contributed by atoms with Crippen LogP contribution in [0.5, 0.6) is 0 Å². The Bertz CT molecular complexity index is 572. The molecule has 3 atom stereocenters. The summed E-state index contributed by atoms with van der Waals surface area (Å²) in [7, 11) is 0. The molecule has 0 radical (unpaired) electrons. The molecule has 1 amide bonds. The second-order valence-corrected chi connectivity index (χ2v) is 4.67. The van der Waals surface area contributed by atoms with E-state index in [1.54, 1.807) is 0 Å². The first-order valence-corrected chi connectivity index (χ1v) is 6.08. The number of aliphatic hydroxyl groups is 1. The molecule has 1 aromatic rings. The quantitative estimate of drug-likeness (QED) is 0.867. The van der Waals surface area contributed by atoms with Gasteiger partial charge in [-0.25, -0.2) is 9.18 Å². The molecule has 0 spiro atoms. The van der Waals surface area contributed by atoms with Crippen molar-refractivity contribution in [3.8, 4) is 0 Å². The highest BCUT2D eigenvalue weighted by Gasteiger charge is 2.38. The zero-order chi connectivity index (χ0) is 14.9. The minimum Gasteiger partial charge on any atom is -0.465 e. The molecule has 2 N–H and O–H groups in total. The minimum atomic E-state index is -1.26. The standard InChI is InChI=1S/C14H14FNO4/c1-8-12(11(17)5-6-16(8)14(19)20)13(18)9-3-2-4-10(15)7-9/h2-8,12-13,18H,1H3,(H,19,20). The highest BCUT2D eigenvalue weighted by atomic mass is 19.1. The highest BCUT2D eigenvalue weighted by Crippen LogP contribution is 2.31. The molecule has 0 aromatic heterocycles. The third-order valence-corrected chi connectivity index (χ3v) is 3.44. The minimum absolute atomic E-state index is 0.246. The van der Waals surface area contributed by atoms with Crippen LogP contribution in [-0.2, 0) is 4.79 Å². The smallest absolute Gasteiger partial charge is 0.411 e. The number of allylic oxidation sites excluding steroid dienone is 1. The van der Waals surface area contributed by atoms with E-state index in [0.29, 0.717) is 0 Å². The van der Waals surface area contributed by atoms with Crippen LogP contribution < -0.4 is 0 Å². The van der Waals surface area contributed by atoms with Gasteiger partial charge in [0.2, 0.25) is 0 Å². The van der Waals surface area contributed by atoms with E-state index in [1.807, 2.05) is 0 Å². The van der Waals surface area contributed by atoms with E-state index in [0.717, 1.165) is 17.0 Å². The fourth-order valence-corrected chi connectivity index (χ4v) is 2.37. The van der Waals surface area contributed by atoms with Gasteiger partial charge in [0.25, 0.3) is 0 Å². The number of aliphatic hydroxyl groups excluding tert-OH is 1. The van der Waals surface area contributed by atoms with E-state index in [-0.39, 0.29) is 11.3 Å². The molecule has 0 aliphatic carbocycles. The molecule has 0 fully saturated rings. The lowest BCUT2D eigenvalue weighted by Gasteiger charge is -2.35. The van der Waals surface area contributed by atoms with E-state index in [9.17, 15) is 19.1 Å². The second kappa shape index (κ2) is 5.42. The topological polar surface area (TPSA) is 77.8 Å². The fraction of sp³-hybridized carbons (Fsp3) is 0.286. The largest absolute Gasteiger partial charge is 0.465 e. The maximum Gasteiger partial charge on any atom is 0.411 e. The normalized spacial score (nSPS) is 23.8. The summed E-state index contributed by atoms with van der Waals surface area (Å²) in [6.45, 7) is 1.53. The molecular formula is C14H14FNO4. The summed E-state index contributed by atoms with van der Waals surface area (Å²) < 4.78 is 13.2. The first kappa shape index (κ1) is 14.2. The average molecular weight is 279 g/mol. The number of halogens is 1.